The van der Waals surface area contributed by atoms with Gasteiger partial charge in [-0.2, -0.15) is 0 Å². The van der Waals surface area contributed by atoms with Crippen LogP contribution < -0.4 is 19.7 Å². The lowest BCUT2D eigenvalue weighted by Crippen LogP contribution is -2.41. The van der Waals surface area contributed by atoms with E-state index in [1.807, 2.05) is 42.5 Å². The van der Waals surface area contributed by atoms with Crippen molar-refractivity contribution in [3.05, 3.63) is 83.7 Å². The third-order valence-electron chi connectivity index (χ3n) is 5.52. The lowest BCUT2D eigenvalue weighted by Gasteiger charge is -2.31. The van der Waals surface area contributed by atoms with E-state index in [-0.39, 0.29) is 34.6 Å². The highest BCUT2D eigenvalue weighted by molar-refractivity contribution is 7.92. The minimum Gasteiger partial charge on any atom is -0.481 e. The molecule has 1 aliphatic rings. The molecule has 3 amide bonds. The Bertz CT molecular complexity index is 1600. The second-order valence-corrected chi connectivity index (χ2v) is 10.8. The number of carbonyl (C=O) groups excluding carboxylic acids is 3. The van der Waals surface area contributed by atoms with E-state index in [2.05, 4.69) is 5.32 Å². The maximum atomic E-state index is 12.8. The number of hydrogen-bond donors (Lipinski definition) is 2. The smallest absolute Gasteiger partial charge is 0.323 e. The normalized spacial score (nSPS) is 13.1. The molecule has 4 aromatic rings. The van der Waals surface area contributed by atoms with Crippen LogP contribution in [0, 0.1) is 0 Å². The third-order valence-corrected chi connectivity index (χ3v) is 8.25. The molecule has 0 unspecified atom stereocenters. The fraction of sp³-hybridized carbons (Fsp3) is 0.0800. The lowest BCUT2D eigenvalue weighted by atomic mass is 10.1. The number of fused-ring (bicyclic) bond motifs is 2. The Balaban J connectivity index is 1.41. The molecular formula is C25H19N3O6S2. The summed E-state index contributed by atoms with van der Waals surface area (Å²) in [6, 6.07) is 21.3. The molecule has 1 aliphatic heterocycles. The number of rotatable bonds is 5. The van der Waals surface area contributed by atoms with Crippen LogP contribution in [-0.2, 0) is 31.0 Å². The third kappa shape index (κ3) is 4.66. The van der Waals surface area contributed by atoms with E-state index in [1.54, 1.807) is 16.9 Å². The maximum absolute atomic E-state index is 12.8. The number of anilines is 2. The molecule has 0 atom stereocenters. The molecular weight excluding hydrogens is 502 g/mol. The van der Waals surface area contributed by atoms with Crippen molar-refractivity contribution in [3.63, 3.8) is 0 Å². The molecule has 2 N–H and O–H groups in total. The topological polar surface area (TPSA) is 122 Å². The van der Waals surface area contributed by atoms with Crippen molar-refractivity contribution in [3.8, 4) is 5.75 Å². The van der Waals surface area contributed by atoms with E-state index in [9.17, 15) is 22.8 Å². The molecule has 1 aromatic heterocycles. The fourth-order valence-electron chi connectivity index (χ4n) is 3.86. The summed E-state index contributed by atoms with van der Waals surface area (Å²) >= 11 is 0.913. The first kappa shape index (κ1) is 23.5. The molecule has 0 saturated carbocycles. The Morgan fingerprint density at radius 1 is 0.944 bits per heavy atom. The zero-order chi connectivity index (χ0) is 25.3. The number of benzene rings is 3. The number of nitrogens with one attached hydrogen (secondary N) is 2. The summed E-state index contributed by atoms with van der Waals surface area (Å²) in [5.74, 6) is -2.54. The standard InChI is InChI=1S/C25H19N3O6S2/c29-21-15-34-20-8-3-7-19(26-24(30)25(31)27-36(32,33)22-9-4-12-35-22)23(20)28(21)14-16-10-11-17-5-1-2-6-18(17)13-16/h1-13H,14-15H2,(H,26,30)(H,27,31). The monoisotopic (exact) mass is 521 g/mol. The van der Waals surface area contributed by atoms with Gasteiger partial charge in [0.25, 0.3) is 15.9 Å². The summed E-state index contributed by atoms with van der Waals surface area (Å²) in [6.45, 7) is 0.0173. The van der Waals surface area contributed by atoms with Crippen molar-refractivity contribution >= 4 is 61.2 Å². The Kier molecular flexibility index (Phi) is 6.17. The van der Waals surface area contributed by atoms with Crippen molar-refractivity contribution in [1.82, 2.24) is 4.72 Å². The highest BCUT2D eigenvalue weighted by atomic mass is 32.2. The van der Waals surface area contributed by atoms with E-state index in [4.69, 9.17) is 4.74 Å². The van der Waals surface area contributed by atoms with E-state index in [1.165, 1.54) is 28.5 Å². The molecule has 0 bridgehead atoms. The predicted molar refractivity (Wildman–Crippen MR) is 135 cm³/mol. The molecule has 36 heavy (non-hydrogen) atoms. The first-order valence-electron chi connectivity index (χ1n) is 10.8. The first-order chi connectivity index (χ1) is 17.3. The average molecular weight is 522 g/mol. The van der Waals surface area contributed by atoms with Crippen molar-refractivity contribution in [1.29, 1.82) is 0 Å². The molecule has 2 heterocycles. The Morgan fingerprint density at radius 3 is 2.53 bits per heavy atom. The molecule has 0 fully saturated rings. The quantitative estimate of drug-likeness (QED) is 0.389. The molecule has 0 saturated heterocycles. The van der Waals surface area contributed by atoms with Crippen LogP contribution in [0.5, 0.6) is 5.75 Å². The van der Waals surface area contributed by atoms with Gasteiger partial charge < -0.3 is 10.1 Å². The number of carbonyl (C=O) groups is 3. The van der Waals surface area contributed by atoms with Crippen molar-refractivity contribution in [2.45, 2.75) is 10.8 Å². The Labute approximate surface area is 210 Å². The minimum absolute atomic E-state index is 0.0960. The minimum atomic E-state index is -4.18. The zero-order valence-corrected chi connectivity index (χ0v) is 20.3. The van der Waals surface area contributed by atoms with Gasteiger partial charge in [-0.05, 0) is 46.0 Å². The second-order valence-electron chi connectivity index (χ2n) is 7.92. The number of ether oxygens (including phenoxy) is 1. The molecule has 11 heteroatoms. The molecule has 3 aromatic carbocycles. The highest BCUT2D eigenvalue weighted by Gasteiger charge is 2.30. The van der Waals surface area contributed by atoms with Gasteiger partial charge in [-0.1, -0.05) is 48.5 Å². The van der Waals surface area contributed by atoms with Crippen molar-refractivity contribution < 1.29 is 27.5 Å². The van der Waals surface area contributed by atoms with Gasteiger partial charge in [-0.3, -0.25) is 19.3 Å². The Hall–Kier alpha value is -4.22. The Morgan fingerprint density at radius 2 is 1.75 bits per heavy atom. The van der Waals surface area contributed by atoms with Crippen LogP contribution in [0.1, 0.15) is 5.56 Å². The SMILES string of the molecule is O=C(Nc1cccc2c1N(Cc1ccc3ccccc3c1)C(=O)CO2)C(=O)NS(=O)(=O)c1cccs1. The van der Waals surface area contributed by atoms with Crippen LogP contribution in [0.3, 0.4) is 0 Å². The van der Waals surface area contributed by atoms with E-state index < -0.39 is 21.8 Å². The number of nitrogens with zero attached hydrogens (tertiary/aromatic N) is 1. The first-order valence-corrected chi connectivity index (χ1v) is 13.1. The van der Waals surface area contributed by atoms with Gasteiger partial charge in [0.15, 0.2) is 6.61 Å². The lowest BCUT2D eigenvalue weighted by molar-refractivity contribution is -0.135. The summed E-state index contributed by atoms with van der Waals surface area (Å²) in [6.07, 6.45) is 0. The molecule has 0 spiro atoms. The van der Waals surface area contributed by atoms with Gasteiger partial charge >= 0.3 is 11.8 Å². The van der Waals surface area contributed by atoms with Crippen molar-refractivity contribution in [2.75, 3.05) is 16.8 Å². The van der Waals surface area contributed by atoms with E-state index in [0.717, 1.165) is 27.7 Å². The summed E-state index contributed by atoms with van der Waals surface area (Å²) in [5, 5.41) is 6.03. The predicted octanol–water partition coefficient (Wildman–Crippen LogP) is 3.27. The van der Waals surface area contributed by atoms with Gasteiger partial charge in [0.05, 0.1) is 12.2 Å². The van der Waals surface area contributed by atoms with Gasteiger partial charge in [0, 0.05) is 0 Å². The number of hydrogen-bond acceptors (Lipinski definition) is 7. The molecule has 0 radical (unpaired) electrons. The van der Waals surface area contributed by atoms with Crippen LogP contribution in [-0.4, -0.2) is 32.7 Å². The number of sulfonamides is 1. The molecule has 5 rings (SSSR count). The number of para-hydroxylation sites is 1. The van der Waals surface area contributed by atoms with Gasteiger partial charge in [0.1, 0.15) is 15.6 Å². The molecule has 9 nitrogen and oxygen atoms in total. The maximum Gasteiger partial charge on any atom is 0.323 e. The summed E-state index contributed by atoms with van der Waals surface area (Å²) in [7, 11) is -4.18. The van der Waals surface area contributed by atoms with E-state index >= 15 is 0 Å². The zero-order valence-electron chi connectivity index (χ0n) is 18.6. The highest BCUT2D eigenvalue weighted by Crippen LogP contribution is 2.40. The van der Waals surface area contributed by atoms with Crippen LogP contribution in [0.15, 0.2) is 82.4 Å². The summed E-state index contributed by atoms with van der Waals surface area (Å²) in [5.41, 5.74) is 1.27. The van der Waals surface area contributed by atoms with Gasteiger partial charge in [0.2, 0.25) is 0 Å². The van der Waals surface area contributed by atoms with Crippen LogP contribution in [0.4, 0.5) is 11.4 Å². The van der Waals surface area contributed by atoms with Crippen LogP contribution in [0.2, 0.25) is 0 Å². The van der Waals surface area contributed by atoms with Crippen LogP contribution in [0.25, 0.3) is 10.8 Å². The average Bonchev–Trinajstić information content (AvgIpc) is 3.42. The summed E-state index contributed by atoms with van der Waals surface area (Å²) < 4.78 is 31.8. The summed E-state index contributed by atoms with van der Waals surface area (Å²) in [4.78, 5) is 39.3. The molecule has 182 valence electrons. The van der Waals surface area contributed by atoms with Crippen molar-refractivity contribution in [2.24, 2.45) is 0 Å². The molecule has 0 aliphatic carbocycles. The van der Waals surface area contributed by atoms with Gasteiger partial charge in [-0.15, -0.1) is 11.3 Å². The fourth-order valence-corrected chi connectivity index (χ4v) is 5.80. The van der Waals surface area contributed by atoms with Gasteiger partial charge in [-0.25, -0.2) is 13.1 Å². The largest absolute Gasteiger partial charge is 0.481 e. The second kappa shape index (κ2) is 9.44. The number of thiophene rings is 1. The van der Waals surface area contributed by atoms with E-state index in [0.29, 0.717) is 5.75 Å². The number of amides is 3. The van der Waals surface area contributed by atoms with Crippen LogP contribution >= 0.6 is 11.3 Å².